The first kappa shape index (κ1) is 29.6. The molecule has 0 radical (unpaired) electrons. The molecule has 1 aromatic carbocycles. The van der Waals surface area contributed by atoms with Crippen molar-refractivity contribution >= 4 is 29.3 Å². The van der Waals surface area contributed by atoms with Crippen LogP contribution in [-0.4, -0.2) is 40.7 Å². The molecule has 2 saturated carbocycles. The minimum absolute atomic E-state index is 0.0634. The average molecular weight is 560 g/mol. The third-order valence-electron chi connectivity index (χ3n) is 11.3. The van der Waals surface area contributed by atoms with Gasteiger partial charge in [0.05, 0.1) is 19.0 Å². The molecule has 2 aliphatic rings. The van der Waals surface area contributed by atoms with E-state index in [1.807, 2.05) is 0 Å². The van der Waals surface area contributed by atoms with Gasteiger partial charge in [-0.25, -0.2) is 0 Å². The molecule has 0 unspecified atom stereocenters. The number of fused-ring (bicyclic) bond motifs is 2. The Bertz CT molecular complexity index is 1210. The van der Waals surface area contributed by atoms with E-state index in [9.17, 15) is 8.42 Å². The maximum atomic E-state index is 12.1. The van der Waals surface area contributed by atoms with Crippen LogP contribution in [0, 0.1) is 22.7 Å². The van der Waals surface area contributed by atoms with Gasteiger partial charge in [0.25, 0.3) is 10.1 Å². The highest BCUT2D eigenvalue weighted by molar-refractivity contribution is 7.85. The Morgan fingerprint density at radius 2 is 1.74 bits per heavy atom. The van der Waals surface area contributed by atoms with E-state index >= 15 is 0 Å². The van der Waals surface area contributed by atoms with Gasteiger partial charge >= 0.3 is 0 Å². The molecule has 0 bridgehead atoms. The summed E-state index contributed by atoms with van der Waals surface area (Å²) in [6.45, 7) is 18.7. The third-order valence-corrected chi connectivity index (χ3v) is 16.5. The van der Waals surface area contributed by atoms with Crippen LogP contribution in [0.3, 0.4) is 0 Å². The minimum Gasteiger partial charge on any atom is -0.413 e. The minimum atomic E-state index is -3.54. The fourth-order valence-corrected chi connectivity index (χ4v) is 11.7. The second-order valence-electron chi connectivity index (χ2n) is 12.7. The number of rotatable bonds is 10. The van der Waals surface area contributed by atoms with Gasteiger partial charge in [-0.2, -0.15) is 8.42 Å². The molecule has 5 nitrogen and oxygen atoms in total. The molecule has 0 spiro atoms. The smallest absolute Gasteiger partial charge is 0.264 e. The molecule has 2 fully saturated rings. The second kappa shape index (κ2) is 10.5. The first-order valence-electron chi connectivity index (χ1n) is 14.6. The number of nitrogens with one attached hydrogen (secondary N) is 1. The van der Waals surface area contributed by atoms with Gasteiger partial charge in [-0.15, -0.1) is 6.58 Å². The van der Waals surface area contributed by atoms with E-state index in [1.165, 1.54) is 11.1 Å². The molecule has 1 heterocycles. The summed E-state index contributed by atoms with van der Waals surface area (Å²) in [5.74, 6) is 0.419. The fourth-order valence-electron chi connectivity index (χ4n) is 8.30. The van der Waals surface area contributed by atoms with Crippen LogP contribution in [0.25, 0.3) is 10.9 Å². The second-order valence-corrected chi connectivity index (χ2v) is 19.0. The zero-order chi connectivity index (χ0) is 28.0. The molecule has 212 valence electrons. The van der Waals surface area contributed by atoms with Crippen molar-refractivity contribution < 1.29 is 17.0 Å². The van der Waals surface area contributed by atoms with Crippen molar-refractivity contribution in [2.24, 2.45) is 22.7 Å². The normalized spacial score (nSPS) is 34.2. The molecule has 7 heteroatoms. The SMILES string of the molecule is C=C[C@]1(C)[C@@H](O[Si](CC)(CC)CC)CC[C@@]2(C)[C@H]1CC[C@@H](COS(C)(=O)=O)[C@]2(C)c1cc2ccccc2[nH]1. The van der Waals surface area contributed by atoms with Gasteiger partial charge in [-0.1, -0.05) is 65.8 Å². The van der Waals surface area contributed by atoms with E-state index < -0.39 is 18.4 Å². The van der Waals surface area contributed by atoms with E-state index in [-0.39, 0.29) is 34.9 Å². The number of aromatic amines is 1. The van der Waals surface area contributed by atoms with E-state index in [1.54, 1.807) is 0 Å². The monoisotopic (exact) mass is 559 g/mol. The van der Waals surface area contributed by atoms with Gasteiger partial charge in [0.15, 0.2) is 8.32 Å². The number of para-hydroxylation sites is 1. The van der Waals surface area contributed by atoms with Crippen LogP contribution in [0.5, 0.6) is 0 Å². The summed E-state index contributed by atoms with van der Waals surface area (Å²) < 4.78 is 36.9. The predicted molar refractivity (Wildman–Crippen MR) is 160 cm³/mol. The van der Waals surface area contributed by atoms with Gasteiger partial charge in [0.1, 0.15) is 0 Å². The summed E-state index contributed by atoms with van der Waals surface area (Å²) in [6, 6.07) is 14.1. The zero-order valence-electron chi connectivity index (χ0n) is 24.6. The lowest BCUT2D eigenvalue weighted by molar-refractivity contribution is -0.148. The Kier molecular flexibility index (Phi) is 8.19. The molecule has 2 aromatic rings. The summed E-state index contributed by atoms with van der Waals surface area (Å²) >= 11 is 0. The van der Waals surface area contributed by atoms with Gasteiger partial charge in [-0.05, 0) is 78.6 Å². The van der Waals surface area contributed by atoms with Gasteiger partial charge in [0, 0.05) is 22.0 Å². The first-order chi connectivity index (χ1) is 17.8. The molecule has 6 atom stereocenters. The highest BCUT2D eigenvalue weighted by Gasteiger charge is 2.65. The molecular formula is C31H49NO4SSi. The fraction of sp³-hybridized carbons (Fsp3) is 0.677. The summed E-state index contributed by atoms with van der Waals surface area (Å²) in [5, 5.41) is 1.19. The first-order valence-corrected chi connectivity index (χ1v) is 18.9. The Morgan fingerprint density at radius 1 is 1.08 bits per heavy atom. The number of hydrogen-bond acceptors (Lipinski definition) is 4. The molecule has 1 aromatic heterocycles. The lowest BCUT2D eigenvalue weighted by Gasteiger charge is -2.66. The predicted octanol–water partition coefficient (Wildman–Crippen LogP) is 7.81. The van der Waals surface area contributed by atoms with Crippen molar-refractivity contribution in [1.82, 2.24) is 4.98 Å². The molecule has 0 aliphatic heterocycles. The Morgan fingerprint density at radius 3 is 2.32 bits per heavy atom. The average Bonchev–Trinajstić information content (AvgIpc) is 3.34. The third kappa shape index (κ3) is 4.75. The molecule has 0 saturated heterocycles. The van der Waals surface area contributed by atoms with Crippen molar-refractivity contribution in [1.29, 1.82) is 0 Å². The largest absolute Gasteiger partial charge is 0.413 e. The number of aromatic nitrogens is 1. The van der Waals surface area contributed by atoms with Crippen molar-refractivity contribution in [3.05, 3.63) is 48.7 Å². The van der Waals surface area contributed by atoms with Crippen molar-refractivity contribution in [3.63, 3.8) is 0 Å². The highest BCUT2D eigenvalue weighted by atomic mass is 32.2. The number of H-pyrrole nitrogens is 1. The molecule has 1 N–H and O–H groups in total. The molecule has 4 rings (SSSR count). The summed E-state index contributed by atoms with van der Waals surface area (Å²) in [7, 11) is -5.34. The van der Waals surface area contributed by atoms with Crippen LogP contribution in [0.2, 0.25) is 18.1 Å². The van der Waals surface area contributed by atoms with Crippen LogP contribution >= 0.6 is 0 Å². The molecule has 0 amide bonds. The van der Waals surface area contributed by atoms with Gasteiger partial charge < -0.3 is 9.41 Å². The Hall–Kier alpha value is -1.41. The van der Waals surface area contributed by atoms with E-state index in [0.29, 0.717) is 5.92 Å². The van der Waals surface area contributed by atoms with Crippen molar-refractivity contribution in [2.45, 2.75) is 96.9 Å². The van der Waals surface area contributed by atoms with E-state index in [0.717, 1.165) is 55.6 Å². The Labute approximate surface area is 232 Å². The van der Waals surface area contributed by atoms with Gasteiger partial charge in [-0.3, -0.25) is 4.18 Å². The lowest BCUT2D eigenvalue weighted by atomic mass is 9.40. The lowest BCUT2D eigenvalue weighted by Crippen LogP contribution is -2.64. The molecule has 2 aliphatic carbocycles. The van der Waals surface area contributed by atoms with Crippen molar-refractivity contribution in [3.8, 4) is 0 Å². The van der Waals surface area contributed by atoms with Crippen LogP contribution in [-0.2, 0) is 24.1 Å². The number of hydrogen-bond donors (Lipinski definition) is 1. The van der Waals surface area contributed by atoms with Gasteiger partial charge in [0.2, 0.25) is 0 Å². The van der Waals surface area contributed by atoms with Crippen LogP contribution in [0.4, 0.5) is 0 Å². The molecular weight excluding hydrogens is 510 g/mol. The number of benzene rings is 1. The highest BCUT2D eigenvalue weighted by Crippen LogP contribution is 2.67. The van der Waals surface area contributed by atoms with E-state index in [4.69, 9.17) is 8.61 Å². The summed E-state index contributed by atoms with van der Waals surface area (Å²) in [5.41, 5.74) is 1.71. The van der Waals surface area contributed by atoms with Crippen LogP contribution < -0.4 is 0 Å². The summed E-state index contributed by atoms with van der Waals surface area (Å²) in [4.78, 5) is 3.76. The topological polar surface area (TPSA) is 68.4 Å². The molecule has 38 heavy (non-hydrogen) atoms. The summed E-state index contributed by atoms with van der Waals surface area (Å²) in [6.07, 6.45) is 7.43. The Balaban J connectivity index is 1.82. The van der Waals surface area contributed by atoms with Crippen LogP contribution in [0.1, 0.15) is 72.9 Å². The zero-order valence-corrected chi connectivity index (χ0v) is 26.4. The quantitative estimate of drug-likeness (QED) is 0.183. The van der Waals surface area contributed by atoms with Crippen molar-refractivity contribution in [2.75, 3.05) is 12.9 Å². The van der Waals surface area contributed by atoms with E-state index in [2.05, 4.69) is 89.5 Å². The maximum absolute atomic E-state index is 12.1. The standard InChI is InChI=1S/C31H49NO4SSi/c1-9-29(5)26-18-17-24(22-35-37(8,33)34)31(7,27-21-23-15-13-14-16-25(23)32-27)30(26,6)20-19-28(29)36-38(10-2,11-3)12-4/h9,13-16,21,24,26,28,32H,1,10-12,17-20,22H2,2-8H3/t24-,26-,28-,29-,30-,31+/m0/s1. The van der Waals surface area contributed by atoms with Crippen LogP contribution in [0.15, 0.2) is 43.0 Å². The maximum Gasteiger partial charge on any atom is 0.264 e.